The van der Waals surface area contributed by atoms with Crippen LogP contribution in [0.3, 0.4) is 0 Å². The van der Waals surface area contributed by atoms with Crippen LogP contribution in [0.4, 0.5) is 11.4 Å². The zero-order valence-corrected chi connectivity index (χ0v) is 24.3. The molecule has 39 heavy (non-hydrogen) atoms. The number of aryl methyl sites for hydroxylation is 1. The van der Waals surface area contributed by atoms with E-state index in [1.54, 1.807) is 42.5 Å². The van der Waals surface area contributed by atoms with Gasteiger partial charge < -0.3 is 16.0 Å². The zero-order chi connectivity index (χ0) is 27.9. The molecule has 7 nitrogen and oxygen atoms in total. The Labute approximate surface area is 239 Å². The summed E-state index contributed by atoms with van der Waals surface area (Å²) < 4.78 is 0. The maximum Gasteiger partial charge on any atom is 0.255 e. The molecule has 0 radical (unpaired) electrons. The Bertz CT molecular complexity index is 1230. The molecular weight excluding hydrogens is 510 g/mol. The van der Waals surface area contributed by atoms with Gasteiger partial charge in [-0.1, -0.05) is 45.9 Å². The summed E-state index contributed by atoms with van der Waals surface area (Å²) in [6.45, 7) is 15.2. The molecule has 3 rings (SSSR count). The normalized spacial score (nSPS) is 9.97. The standard InChI is InChI=1S/C27H28N4O2.C4H11N.ClH/c1-4-31(5-2)18-21-7-6-8-23(15-21)27(33)30-25-16-24(14-9-19(25)3)29-26(32)22-12-10-20(17-28)11-13-22;1-3-5-4-2;/h6-16H,4-5,18H2,1-3H3,(H,29,32)(H,30,33);5H,3-4H2,1-2H3;1H. The topological polar surface area (TPSA) is 97.3 Å². The maximum atomic E-state index is 12.9. The van der Waals surface area contributed by atoms with E-state index in [1.807, 2.05) is 37.3 Å². The Balaban J connectivity index is 0.00000116. The Morgan fingerprint density at radius 3 is 2.03 bits per heavy atom. The van der Waals surface area contributed by atoms with Gasteiger partial charge in [-0.25, -0.2) is 0 Å². The Kier molecular flexibility index (Phi) is 15.2. The van der Waals surface area contributed by atoms with E-state index in [0.717, 1.165) is 43.9 Å². The molecule has 3 aromatic carbocycles. The lowest BCUT2D eigenvalue weighted by Gasteiger charge is -2.18. The van der Waals surface area contributed by atoms with Crippen molar-refractivity contribution in [2.45, 2.75) is 41.2 Å². The van der Waals surface area contributed by atoms with Crippen molar-refractivity contribution in [3.8, 4) is 6.07 Å². The molecule has 0 saturated carbocycles. The number of rotatable bonds is 10. The van der Waals surface area contributed by atoms with E-state index in [9.17, 15) is 9.59 Å². The molecule has 0 bridgehead atoms. The first-order valence-electron chi connectivity index (χ1n) is 13.1. The van der Waals surface area contributed by atoms with Crippen LogP contribution in [-0.2, 0) is 6.54 Å². The first-order chi connectivity index (χ1) is 18.3. The Morgan fingerprint density at radius 1 is 0.821 bits per heavy atom. The van der Waals surface area contributed by atoms with E-state index >= 15 is 0 Å². The van der Waals surface area contributed by atoms with Crippen molar-refractivity contribution < 1.29 is 9.59 Å². The number of anilines is 2. The molecule has 0 atom stereocenters. The number of amides is 2. The predicted octanol–water partition coefficient (Wildman–Crippen LogP) is 6.25. The summed E-state index contributed by atoms with van der Waals surface area (Å²) in [7, 11) is 0. The lowest BCUT2D eigenvalue weighted by Crippen LogP contribution is -2.22. The quantitative estimate of drug-likeness (QED) is 0.278. The van der Waals surface area contributed by atoms with Crippen molar-refractivity contribution in [2.24, 2.45) is 0 Å². The molecule has 0 unspecified atom stereocenters. The van der Waals surface area contributed by atoms with Crippen LogP contribution < -0.4 is 16.0 Å². The third kappa shape index (κ3) is 10.9. The van der Waals surface area contributed by atoms with Gasteiger partial charge in [0.25, 0.3) is 11.8 Å². The first kappa shape index (κ1) is 33.3. The molecule has 0 fully saturated rings. The molecule has 0 aliphatic rings. The largest absolute Gasteiger partial charge is 0.322 e. The molecular formula is C31H40ClN5O2. The number of halogens is 1. The van der Waals surface area contributed by atoms with Crippen molar-refractivity contribution in [3.05, 3.63) is 94.5 Å². The van der Waals surface area contributed by atoms with Gasteiger partial charge in [0.1, 0.15) is 0 Å². The SMILES string of the molecule is CCN(CC)Cc1cccc(C(=O)Nc2cc(NC(=O)c3ccc(C#N)cc3)ccc2C)c1.CCNCC.Cl. The van der Waals surface area contributed by atoms with Gasteiger partial charge in [-0.2, -0.15) is 5.26 Å². The summed E-state index contributed by atoms with van der Waals surface area (Å²) in [5.74, 6) is -0.486. The van der Waals surface area contributed by atoms with E-state index < -0.39 is 0 Å². The van der Waals surface area contributed by atoms with E-state index in [2.05, 4.69) is 48.5 Å². The van der Waals surface area contributed by atoms with Gasteiger partial charge in [0.15, 0.2) is 0 Å². The molecule has 2 amide bonds. The fourth-order valence-electron chi connectivity index (χ4n) is 3.69. The third-order valence-electron chi connectivity index (χ3n) is 6.01. The van der Waals surface area contributed by atoms with Crippen molar-refractivity contribution in [2.75, 3.05) is 36.8 Å². The first-order valence-corrected chi connectivity index (χ1v) is 13.1. The van der Waals surface area contributed by atoms with Gasteiger partial charge in [-0.15, -0.1) is 12.4 Å². The molecule has 0 aromatic heterocycles. The second-order valence-corrected chi connectivity index (χ2v) is 8.75. The van der Waals surface area contributed by atoms with Crippen LogP contribution in [-0.4, -0.2) is 42.9 Å². The highest BCUT2D eigenvalue weighted by atomic mass is 35.5. The minimum atomic E-state index is -0.287. The summed E-state index contributed by atoms with van der Waals surface area (Å²) in [5, 5.41) is 17.8. The summed E-state index contributed by atoms with van der Waals surface area (Å²) in [6.07, 6.45) is 0. The lowest BCUT2D eigenvalue weighted by molar-refractivity contribution is 0.101. The average Bonchev–Trinajstić information content (AvgIpc) is 2.94. The smallest absolute Gasteiger partial charge is 0.255 e. The zero-order valence-electron chi connectivity index (χ0n) is 23.5. The van der Waals surface area contributed by atoms with Crippen LogP contribution in [0.25, 0.3) is 0 Å². The second-order valence-electron chi connectivity index (χ2n) is 8.75. The minimum Gasteiger partial charge on any atom is -0.322 e. The van der Waals surface area contributed by atoms with E-state index in [0.29, 0.717) is 28.1 Å². The number of nitrogens with one attached hydrogen (secondary N) is 3. The Hall–Kier alpha value is -3.70. The van der Waals surface area contributed by atoms with Gasteiger partial charge in [-0.3, -0.25) is 14.5 Å². The number of nitriles is 1. The van der Waals surface area contributed by atoms with Crippen molar-refractivity contribution in [1.29, 1.82) is 5.26 Å². The minimum absolute atomic E-state index is 0. The molecule has 208 valence electrons. The number of nitrogens with zero attached hydrogens (tertiary/aromatic N) is 2. The molecule has 0 aliphatic carbocycles. The fraction of sp³-hybridized carbons (Fsp3) is 0.323. The van der Waals surface area contributed by atoms with Crippen LogP contribution in [0.15, 0.2) is 66.7 Å². The summed E-state index contributed by atoms with van der Waals surface area (Å²) in [6, 6.07) is 21.5. The van der Waals surface area contributed by atoms with Crippen LogP contribution in [0.1, 0.15) is 65.1 Å². The molecule has 3 N–H and O–H groups in total. The van der Waals surface area contributed by atoms with Gasteiger partial charge >= 0.3 is 0 Å². The summed E-state index contributed by atoms with van der Waals surface area (Å²) in [4.78, 5) is 27.8. The number of benzene rings is 3. The highest BCUT2D eigenvalue weighted by Crippen LogP contribution is 2.22. The van der Waals surface area contributed by atoms with Crippen LogP contribution in [0.5, 0.6) is 0 Å². The predicted molar refractivity (Wildman–Crippen MR) is 163 cm³/mol. The molecule has 0 heterocycles. The number of hydrogen-bond acceptors (Lipinski definition) is 5. The lowest BCUT2D eigenvalue weighted by atomic mass is 10.1. The summed E-state index contributed by atoms with van der Waals surface area (Å²) in [5.41, 5.74) is 4.71. The van der Waals surface area contributed by atoms with Crippen molar-refractivity contribution >= 4 is 35.6 Å². The fourth-order valence-corrected chi connectivity index (χ4v) is 3.69. The highest BCUT2D eigenvalue weighted by Gasteiger charge is 2.12. The Morgan fingerprint density at radius 2 is 1.46 bits per heavy atom. The highest BCUT2D eigenvalue weighted by molar-refractivity contribution is 6.06. The maximum absolute atomic E-state index is 12.9. The number of carbonyl (C=O) groups excluding carboxylic acids is 2. The number of hydrogen-bond donors (Lipinski definition) is 3. The van der Waals surface area contributed by atoms with Gasteiger partial charge in [0, 0.05) is 29.0 Å². The van der Waals surface area contributed by atoms with E-state index in [-0.39, 0.29) is 24.2 Å². The van der Waals surface area contributed by atoms with E-state index in [4.69, 9.17) is 5.26 Å². The van der Waals surface area contributed by atoms with Gasteiger partial charge in [0.05, 0.1) is 11.6 Å². The monoisotopic (exact) mass is 549 g/mol. The van der Waals surface area contributed by atoms with Crippen molar-refractivity contribution in [1.82, 2.24) is 10.2 Å². The molecule has 3 aromatic rings. The molecule has 0 aliphatic heterocycles. The van der Waals surface area contributed by atoms with Crippen LogP contribution in [0, 0.1) is 18.3 Å². The molecule has 0 saturated heterocycles. The van der Waals surface area contributed by atoms with Crippen LogP contribution in [0.2, 0.25) is 0 Å². The molecule has 8 heteroatoms. The van der Waals surface area contributed by atoms with Gasteiger partial charge in [-0.05, 0) is 92.8 Å². The number of carbonyl (C=O) groups is 2. The van der Waals surface area contributed by atoms with Gasteiger partial charge in [0.2, 0.25) is 0 Å². The average molecular weight is 550 g/mol. The molecule has 0 spiro atoms. The van der Waals surface area contributed by atoms with Crippen LogP contribution >= 0.6 is 12.4 Å². The van der Waals surface area contributed by atoms with E-state index in [1.165, 1.54) is 0 Å². The summed E-state index contributed by atoms with van der Waals surface area (Å²) >= 11 is 0. The van der Waals surface area contributed by atoms with Crippen molar-refractivity contribution in [3.63, 3.8) is 0 Å². The third-order valence-corrected chi connectivity index (χ3v) is 6.01. The second kappa shape index (κ2) is 17.7.